The quantitative estimate of drug-likeness (QED) is 0.708. The van der Waals surface area contributed by atoms with Gasteiger partial charge in [-0.1, -0.05) is 29.3 Å². The van der Waals surface area contributed by atoms with Crippen molar-refractivity contribution in [1.82, 2.24) is 5.32 Å². The fourth-order valence-corrected chi connectivity index (χ4v) is 3.13. The number of halogens is 2. The Morgan fingerprint density at radius 3 is 2.48 bits per heavy atom. The Hall–Kier alpha value is -1.69. The number of thioether (sulfide) groups is 1. The molecule has 2 amide bonds. The average molecular weight is 397 g/mol. The molecular weight excluding hydrogens is 379 g/mol. The van der Waals surface area contributed by atoms with E-state index in [0.717, 1.165) is 4.90 Å². The molecule has 0 aliphatic rings. The summed E-state index contributed by atoms with van der Waals surface area (Å²) in [5, 5.41) is 6.05. The van der Waals surface area contributed by atoms with E-state index in [2.05, 4.69) is 10.6 Å². The van der Waals surface area contributed by atoms with Crippen LogP contribution in [0, 0.1) is 13.8 Å². The molecule has 132 valence electrons. The Labute approximate surface area is 161 Å². The highest BCUT2D eigenvalue weighted by Gasteiger charge is 2.09. The molecule has 0 saturated heterocycles. The van der Waals surface area contributed by atoms with Gasteiger partial charge in [0.1, 0.15) is 0 Å². The Balaban J connectivity index is 1.78. The van der Waals surface area contributed by atoms with Crippen molar-refractivity contribution in [1.29, 1.82) is 0 Å². The average Bonchev–Trinajstić information content (AvgIpc) is 2.57. The molecule has 2 rings (SSSR count). The van der Waals surface area contributed by atoms with Crippen LogP contribution >= 0.6 is 35.0 Å². The van der Waals surface area contributed by atoms with Gasteiger partial charge >= 0.3 is 0 Å². The predicted molar refractivity (Wildman–Crippen MR) is 105 cm³/mol. The number of aryl methyl sites for hydroxylation is 2. The highest BCUT2D eigenvalue weighted by molar-refractivity contribution is 8.00. The van der Waals surface area contributed by atoms with Crippen LogP contribution in [0.5, 0.6) is 0 Å². The standard InChI is InChI=1S/C18H18Cl2N2O2S/c1-11-3-5-14(7-12(11)2)25-10-18(24)21-9-17(23)22-16-8-13(19)4-6-15(16)20/h3-8H,9-10H2,1-2H3,(H,21,24)(H,22,23). The van der Waals surface area contributed by atoms with Crippen LogP contribution in [0.4, 0.5) is 5.69 Å². The SMILES string of the molecule is Cc1ccc(SCC(=O)NCC(=O)Nc2cc(Cl)ccc2Cl)cc1C. The molecule has 25 heavy (non-hydrogen) atoms. The number of hydrogen-bond donors (Lipinski definition) is 2. The molecule has 2 aromatic carbocycles. The molecule has 0 spiro atoms. The minimum Gasteiger partial charge on any atom is -0.346 e. The van der Waals surface area contributed by atoms with Crippen LogP contribution in [0.15, 0.2) is 41.3 Å². The van der Waals surface area contributed by atoms with E-state index in [9.17, 15) is 9.59 Å². The van der Waals surface area contributed by atoms with Crippen LogP contribution < -0.4 is 10.6 Å². The van der Waals surface area contributed by atoms with E-state index in [1.165, 1.54) is 22.9 Å². The van der Waals surface area contributed by atoms with Crippen LogP contribution in [0.25, 0.3) is 0 Å². The first-order valence-electron chi connectivity index (χ1n) is 7.57. The minimum absolute atomic E-state index is 0.130. The molecule has 0 aromatic heterocycles. The summed E-state index contributed by atoms with van der Waals surface area (Å²) in [7, 11) is 0. The summed E-state index contributed by atoms with van der Waals surface area (Å²) >= 11 is 13.3. The van der Waals surface area contributed by atoms with Gasteiger partial charge in [-0.05, 0) is 55.3 Å². The molecular formula is C18H18Cl2N2O2S. The zero-order chi connectivity index (χ0) is 18.4. The monoisotopic (exact) mass is 396 g/mol. The minimum atomic E-state index is -0.367. The molecule has 0 atom stereocenters. The highest BCUT2D eigenvalue weighted by atomic mass is 35.5. The summed E-state index contributed by atoms with van der Waals surface area (Å²) in [5.74, 6) is -0.336. The smallest absolute Gasteiger partial charge is 0.243 e. The number of rotatable bonds is 6. The lowest BCUT2D eigenvalue weighted by atomic mass is 10.1. The topological polar surface area (TPSA) is 58.2 Å². The van der Waals surface area contributed by atoms with E-state index >= 15 is 0 Å². The van der Waals surface area contributed by atoms with Crippen molar-refractivity contribution in [2.75, 3.05) is 17.6 Å². The second-order valence-corrected chi connectivity index (χ2v) is 7.38. The van der Waals surface area contributed by atoms with Gasteiger partial charge in [0.2, 0.25) is 11.8 Å². The first-order valence-corrected chi connectivity index (χ1v) is 9.31. The van der Waals surface area contributed by atoms with Gasteiger partial charge in [0.25, 0.3) is 0 Å². The van der Waals surface area contributed by atoms with Gasteiger partial charge in [0.15, 0.2) is 0 Å². The first-order chi connectivity index (χ1) is 11.8. The van der Waals surface area contributed by atoms with Crippen LogP contribution in [0.2, 0.25) is 10.0 Å². The molecule has 0 fully saturated rings. The molecule has 0 saturated carbocycles. The zero-order valence-corrected chi connectivity index (χ0v) is 16.2. The number of anilines is 1. The lowest BCUT2D eigenvalue weighted by molar-refractivity contribution is -0.122. The molecule has 4 nitrogen and oxygen atoms in total. The number of hydrogen-bond acceptors (Lipinski definition) is 3. The van der Waals surface area contributed by atoms with E-state index < -0.39 is 0 Å². The van der Waals surface area contributed by atoms with Gasteiger partial charge in [-0.15, -0.1) is 11.8 Å². The fraction of sp³-hybridized carbons (Fsp3) is 0.222. The zero-order valence-electron chi connectivity index (χ0n) is 13.9. The van der Waals surface area contributed by atoms with Crippen molar-refractivity contribution >= 4 is 52.5 Å². The second kappa shape index (κ2) is 9.13. The van der Waals surface area contributed by atoms with E-state index in [4.69, 9.17) is 23.2 Å². The Kier molecular flexibility index (Phi) is 7.17. The second-order valence-electron chi connectivity index (χ2n) is 5.48. The predicted octanol–water partition coefficient (Wildman–Crippen LogP) is 4.46. The maximum Gasteiger partial charge on any atom is 0.243 e. The Morgan fingerprint density at radius 2 is 1.76 bits per heavy atom. The number of amides is 2. The van der Waals surface area contributed by atoms with E-state index in [1.54, 1.807) is 18.2 Å². The molecule has 0 bridgehead atoms. The van der Waals surface area contributed by atoms with Crippen LogP contribution in [0.1, 0.15) is 11.1 Å². The van der Waals surface area contributed by atoms with Gasteiger partial charge in [0.05, 0.1) is 23.0 Å². The summed E-state index contributed by atoms with van der Waals surface area (Å²) < 4.78 is 0. The number of carbonyl (C=O) groups excluding carboxylic acids is 2. The maximum atomic E-state index is 11.9. The highest BCUT2D eigenvalue weighted by Crippen LogP contribution is 2.25. The molecule has 0 aliphatic heterocycles. The molecule has 7 heteroatoms. The number of nitrogens with one attached hydrogen (secondary N) is 2. The van der Waals surface area contributed by atoms with Crippen molar-refractivity contribution in [3.63, 3.8) is 0 Å². The summed E-state index contributed by atoms with van der Waals surface area (Å²) in [5.41, 5.74) is 2.81. The molecule has 0 radical (unpaired) electrons. The number of carbonyl (C=O) groups is 2. The van der Waals surface area contributed by atoms with Crippen molar-refractivity contribution in [3.8, 4) is 0 Å². The van der Waals surface area contributed by atoms with Crippen molar-refractivity contribution in [2.45, 2.75) is 18.7 Å². The Morgan fingerprint density at radius 1 is 1.00 bits per heavy atom. The van der Waals surface area contributed by atoms with Gasteiger partial charge in [-0.3, -0.25) is 9.59 Å². The first kappa shape index (κ1) is 19.6. The molecule has 0 aliphatic carbocycles. The summed E-state index contributed by atoms with van der Waals surface area (Å²) in [4.78, 5) is 24.8. The van der Waals surface area contributed by atoms with Crippen molar-refractivity contribution < 1.29 is 9.59 Å². The molecule has 2 N–H and O–H groups in total. The van der Waals surface area contributed by atoms with Gasteiger partial charge in [-0.2, -0.15) is 0 Å². The lowest BCUT2D eigenvalue weighted by Gasteiger charge is -2.09. The van der Waals surface area contributed by atoms with E-state index in [1.807, 2.05) is 32.0 Å². The van der Waals surface area contributed by atoms with Gasteiger partial charge < -0.3 is 10.6 Å². The van der Waals surface area contributed by atoms with E-state index in [-0.39, 0.29) is 24.1 Å². The summed E-state index contributed by atoms with van der Waals surface area (Å²) in [6.07, 6.45) is 0. The van der Waals surface area contributed by atoms with Gasteiger partial charge in [0, 0.05) is 9.92 Å². The van der Waals surface area contributed by atoms with Crippen LogP contribution in [0.3, 0.4) is 0 Å². The Bertz CT molecular complexity index is 797. The summed E-state index contributed by atoms with van der Waals surface area (Å²) in [6, 6.07) is 10.8. The van der Waals surface area contributed by atoms with Crippen molar-refractivity contribution in [2.24, 2.45) is 0 Å². The van der Waals surface area contributed by atoms with Crippen LogP contribution in [-0.2, 0) is 9.59 Å². The largest absolute Gasteiger partial charge is 0.346 e. The molecule has 0 unspecified atom stereocenters. The van der Waals surface area contributed by atoms with Crippen LogP contribution in [-0.4, -0.2) is 24.1 Å². The van der Waals surface area contributed by atoms with E-state index in [0.29, 0.717) is 15.7 Å². The van der Waals surface area contributed by atoms with Crippen molar-refractivity contribution in [3.05, 3.63) is 57.6 Å². The third-order valence-corrected chi connectivity index (χ3v) is 5.06. The maximum absolute atomic E-state index is 11.9. The number of benzene rings is 2. The third-order valence-electron chi connectivity index (χ3n) is 3.50. The lowest BCUT2D eigenvalue weighted by Crippen LogP contribution is -2.33. The normalized spacial score (nSPS) is 10.4. The third kappa shape index (κ3) is 6.27. The fourth-order valence-electron chi connectivity index (χ4n) is 1.97. The molecule has 2 aromatic rings. The van der Waals surface area contributed by atoms with Gasteiger partial charge in [-0.25, -0.2) is 0 Å². The molecule has 0 heterocycles. The summed E-state index contributed by atoms with van der Waals surface area (Å²) in [6.45, 7) is 3.95.